The molecule has 0 aliphatic heterocycles. The van der Waals surface area contributed by atoms with Gasteiger partial charge in [-0.3, -0.25) is 4.79 Å². The lowest BCUT2D eigenvalue weighted by atomic mass is 10.2. The number of carbonyl (C=O) groups is 1. The summed E-state index contributed by atoms with van der Waals surface area (Å²) in [6.45, 7) is 0. The molecule has 2 rings (SSSR count). The van der Waals surface area contributed by atoms with Crippen LogP contribution in [0.25, 0.3) is 0 Å². The zero-order valence-corrected chi connectivity index (χ0v) is 8.53. The molecule has 0 heterocycles. The lowest BCUT2D eigenvalue weighted by molar-refractivity contribution is 0.0995. The van der Waals surface area contributed by atoms with Gasteiger partial charge in [0.2, 0.25) is 0 Å². The average Bonchev–Trinajstić information content (AvgIpc) is 3.01. The SMILES string of the molecule is COc1cccc(C(N)=O)c1OC1CC1. The Morgan fingerprint density at radius 1 is 1.47 bits per heavy atom. The Balaban J connectivity index is 2.38. The predicted molar refractivity (Wildman–Crippen MR) is 55.2 cm³/mol. The molecular weight excluding hydrogens is 194 g/mol. The van der Waals surface area contributed by atoms with Gasteiger partial charge in [-0.05, 0) is 25.0 Å². The number of amides is 1. The molecule has 1 aliphatic rings. The number of carbonyl (C=O) groups excluding carboxylic acids is 1. The zero-order chi connectivity index (χ0) is 10.8. The van der Waals surface area contributed by atoms with E-state index < -0.39 is 5.91 Å². The largest absolute Gasteiger partial charge is 0.493 e. The van der Waals surface area contributed by atoms with Gasteiger partial charge >= 0.3 is 0 Å². The van der Waals surface area contributed by atoms with Gasteiger partial charge < -0.3 is 15.2 Å². The third-order valence-electron chi connectivity index (χ3n) is 2.27. The molecule has 0 bridgehead atoms. The van der Waals surface area contributed by atoms with Crippen molar-refractivity contribution in [2.75, 3.05) is 7.11 Å². The molecule has 15 heavy (non-hydrogen) atoms. The van der Waals surface area contributed by atoms with E-state index in [4.69, 9.17) is 15.2 Å². The Hall–Kier alpha value is -1.71. The molecule has 1 amide bonds. The van der Waals surface area contributed by atoms with Gasteiger partial charge in [0.05, 0.1) is 18.8 Å². The van der Waals surface area contributed by atoms with E-state index >= 15 is 0 Å². The summed E-state index contributed by atoms with van der Waals surface area (Å²) in [7, 11) is 1.54. The van der Waals surface area contributed by atoms with Crippen molar-refractivity contribution in [2.24, 2.45) is 5.73 Å². The summed E-state index contributed by atoms with van der Waals surface area (Å²) in [4.78, 5) is 11.2. The van der Waals surface area contributed by atoms with E-state index in [-0.39, 0.29) is 6.10 Å². The lowest BCUT2D eigenvalue weighted by Crippen LogP contribution is -2.14. The number of rotatable bonds is 4. The molecule has 1 fully saturated rings. The molecule has 0 atom stereocenters. The number of para-hydroxylation sites is 1. The van der Waals surface area contributed by atoms with Crippen molar-refractivity contribution in [2.45, 2.75) is 18.9 Å². The number of primary amides is 1. The molecule has 2 N–H and O–H groups in total. The maximum atomic E-state index is 11.2. The summed E-state index contributed by atoms with van der Waals surface area (Å²) in [6.07, 6.45) is 2.26. The van der Waals surface area contributed by atoms with Crippen molar-refractivity contribution < 1.29 is 14.3 Å². The van der Waals surface area contributed by atoms with Gasteiger partial charge in [-0.1, -0.05) is 6.07 Å². The highest BCUT2D eigenvalue weighted by atomic mass is 16.5. The maximum absolute atomic E-state index is 11.2. The van der Waals surface area contributed by atoms with Crippen molar-refractivity contribution in [3.8, 4) is 11.5 Å². The van der Waals surface area contributed by atoms with Gasteiger partial charge in [-0.15, -0.1) is 0 Å². The summed E-state index contributed by atoms with van der Waals surface area (Å²) >= 11 is 0. The highest BCUT2D eigenvalue weighted by Crippen LogP contribution is 2.36. The summed E-state index contributed by atoms with van der Waals surface area (Å²) in [6, 6.07) is 5.12. The van der Waals surface area contributed by atoms with Crippen LogP contribution < -0.4 is 15.2 Å². The highest BCUT2D eigenvalue weighted by Gasteiger charge is 2.27. The molecule has 1 aromatic rings. The summed E-state index contributed by atoms with van der Waals surface area (Å²) < 4.78 is 10.7. The summed E-state index contributed by atoms with van der Waals surface area (Å²) in [5.74, 6) is 0.526. The first-order chi connectivity index (χ1) is 7.22. The van der Waals surface area contributed by atoms with Gasteiger partial charge in [0, 0.05) is 0 Å². The molecule has 0 aromatic heterocycles. The van der Waals surface area contributed by atoms with Gasteiger partial charge in [0.15, 0.2) is 11.5 Å². The fourth-order valence-electron chi connectivity index (χ4n) is 1.34. The van der Waals surface area contributed by atoms with Crippen LogP contribution in [-0.2, 0) is 0 Å². The minimum atomic E-state index is -0.496. The van der Waals surface area contributed by atoms with Crippen LogP contribution in [0, 0.1) is 0 Å². The standard InChI is InChI=1S/C11H13NO3/c1-14-9-4-2-3-8(11(12)13)10(9)15-7-5-6-7/h2-4,7H,5-6H2,1H3,(H2,12,13). The van der Waals surface area contributed by atoms with Crippen LogP contribution in [0.1, 0.15) is 23.2 Å². The second kappa shape index (κ2) is 3.81. The van der Waals surface area contributed by atoms with Crippen molar-refractivity contribution in [1.82, 2.24) is 0 Å². The predicted octanol–water partition coefficient (Wildman–Crippen LogP) is 1.34. The molecular formula is C11H13NO3. The van der Waals surface area contributed by atoms with E-state index in [0.717, 1.165) is 12.8 Å². The molecule has 80 valence electrons. The highest BCUT2D eigenvalue weighted by molar-refractivity contribution is 5.96. The smallest absolute Gasteiger partial charge is 0.252 e. The molecule has 4 nitrogen and oxygen atoms in total. The third kappa shape index (κ3) is 2.03. The Morgan fingerprint density at radius 2 is 2.20 bits per heavy atom. The van der Waals surface area contributed by atoms with Crippen LogP contribution >= 0.6 is 0 Å². The van der Waals surface area contributed by atoms with Crippen LogP contribution in [0.2, 0.25) is 0 Å². The van der Waals surface area contributed by atoms with Crippen molar-refractivity contribution in [3.05, 3.63) is 23.8 Å². The monoisotopic (exact) mass is 207 g/mol. The second-order valence-electron chi connectivity index (χ2n) is 3.52. The Kier molecular flexibility index (Phi) is 2.49. The quantitative estimate of drug-likeness (QED) is 0.810. The number of ether oxygens (including phenoxy) is 2. The minimum Gasteiger partial charge on any atom is -0.493 e. The third-order valence-corrected chi connectivity index (χ3v) is 2.27. The van der Waals surface area contributed by atoms with Crippen LogP contribution in [0.15, 0.2) is 18.2 Å². The minimum absolute atomic E-state index is 0.208. The number of hydrogen-bond donors (Lipinski definition) is 1. The van der Waals surface area contributed by atoms with Crippen molar-refractivity contribution >= 4 is 5.91 Å². The average molecular weight is 207 g/mol. The van der Waals surface area contributed by atoms with Crippen LogP contribution in [0.4, 0.5) is 0 Å². The molecule has 0 unspecified atom stereocenters. The molecule has 0 radical (unpaired) electrons. The summed E-state index contributed by atoms with van der Waals surface area (Å²) in [5.41, 5.74) is 5.64. The van der Waals surface area contributed by atoms with Gasteiger partial charge in [-0.25, -0.2) is 0 Å². The van der Waals surface area contributed by atoms with Crippen molar-refractivity contribution in [3.63, 3.8) is 0 Å². The Bertz CT molecular complexity index is 385. The number of benzene rings is 1. The van der Waals surface area contributed by atoms with Crippen LogP contribution in [0.3, 0.4) is 0 Å². The molecule has 4 heteroatoms. The topological polar surface area (TPSA) is 61.5 Å². The fourth-order valence-corrected chi connectivity index (χ4v) is 1.34. The molecule has 0 saturated heterocycles. The second-order valence-corrected chi connectivity index (χ2v) is 3.52. The number of hydrogen-bond acceptors (Lipinski definition) is 3. The van der Waals surface area contributed by atoms with Crippen LogP contribution in [0.5, 0.6) is 11.5 Å². The van der Waals surface area contributed by atoms with E-state index in [1.807, 2.05) is 0 Å². The van der Waals surface area contributed by atoms with E-state index in [1.54, 1.807) is 25.3 Å². The van der Waals surface area contributed by atoms with Crippen LogP contribution in [-0.4, -0.2) is 19.1 Å². The fraction of sp³-hybridized carbons (Fsp3) is 0.364. The normalized spacial score (nSPS) is 14.7. The van der Waals surface area contributed by atoms with Gasteiger partial charge in [-0.2, -0.15) is 0 Å². The number of methoxy groups -OCH3 is 1. The zero-order valence-electron chi connectivity index (χ0n) is 8.53. The molecule has 0 spiro atoms. The molecule has 1 aromatic carbocycles. The van der Waals surface area contributed by atoms with Crippen molar-refractivity contribution in [1.29, 1.82) is 0 Å². The first kappa shape index (κ1) is 9.83. The molecule has 1 saturated carbocycles. The Labute approximate surface area is 88.0 Å². The first-order valence-electron chi connectivity index (χ1n) is 4.86. The maximum Gasteiger partial charge on any atom is 0.252 e. The van der Waals surface area contributed by atoms with E-state index in [0.29, 0.717) is 17.1 Å². The Morgan fingerprint density at radius 3 is 2.73 bits per heavy atom. The van der Waals surface area contributed by atoms with Gasteiger partial charge in [0.1, 0.15) is 0 Å². The lowest BCUT2D eigenvalue weighted by Gasteiger charge is -2.12. The van der Waals surface area contributed by atoms with E-state index in [9.17, 15) is 4.79 Å². The van der Waals surface area contributed by atoms with E-state index in [2.05, 4.69) is 0 Å². The summed E-state index contributed by atoms with van der Waals surface area (Å²) in [5, 5.41) is 0. The van der Waals surface area contributed by atoms with E-state index in [1.165, 1.54) is 0 Å². The first-order valence-corrected chi connectivity index (χ1v) is 4.86. The molecule has 1 aliphatic carbocycles. The number of nitrogens with two attached hydrogens (primary N) is 1. The van der Waals surface area contributed by atoms with Gasteiger partial charge in [0.25, 0.3) is 5.91 Å².